The van der Waals surface area contributed by atoms with E-state index in [0.29, 0.717) is 6.04 Å². The molecule has 1 aromatic rings. The number of anilines is 1. The van der Waals surface area contributed by atoms with Crippen LogP contribution >= 0.6 is 0 Å². The minimum absolute atomic E-state index is 0.209. The monoisotopic (exact) mass is 320 g/mol. The number of hydrogen-bond donors (Lipinski definition) is 1. The van der Waals surface area contributed by atoms with Crippen molar-refractivity contribution in [2.45, 2.75) is 51.7 Å². The van der Waals surface area contributed by atoms with Crippen LogP contribution < -0.4 is 10.1 Å². The molecule has 1 N–H and O–H groups in total. The van der Waals surface area contributed by atoms with Crippen LogP contribution in [0.2, 0.25) is 0 Å². The highest BCUT2D eigenvalue weighted by molar-refractivity contribution is 5.68. The molecular weight excluding hydrogens is 292 g/mol. The Balaban J connectivity index is 1.89. The van der Waals surface area contributed by atoms with Gasteiger partial charge in [-0.05, 0) is 52.2 Å². The van der Waals surface area contributed by atoms with E-state index in [0.717, 1.165) is 43.8 Å². The smallest absolute Gasteiger partial charge is 0.410 e. The summed E-state index contributed by atoms with van der Waals surface area (Å²) in [6.07, 6.45) is 2.72. The van der Waals surface area contributed by atoms with E-state index in [9.17, 15) is 4.79 Å². The number of amides is 1. The van der Waals surface area contributed by atoms with Crippen LogP contribution in [-0.4, -0.2) is 42.8 Å². The maximum absolute atomic E-state index is 12.2. The van der Waals surface area contributed by atoms with Crippen molar-refractivity contribution in [3.05, 3.63) is 24.3 Å². The van der Waals surface area contributed by atoms with Crippen molar-refractivity contribution in [2.24, 2.45) is 0 Å². The molecule has 1 amide bonds. The molecule has 0 aliphatic carbocycles. The Morgan fingerprint density at radius 1 is 1.26 bits per heavy atom. The fraction of sp³-hybridized carbons (Fsp3) is 0.611. The summed E-state index contributed by atoms with van der Waals surface area (Å²) in [5, 5.41) is 3.54. The van der Waals surface area contributed by atoms with Gasteiger partial charge in [0.15, 0.2) is 0 Å². The third kappa shape index (κ3) is 5.66. The van der Waals surface area contributed by atoms with Crippen molar-refractivity contribution in [3.8, 4) is 5.75 Å². The molecule has 0 aromatic heterocycles. The lowest BCUT2D eigenvalue weighted by molar-refractivity contribution is 0.0256. The second kappa shape index (κ2) is 7.57. The van der Waals surface area contributed by atoms with Gasteiger partial charge in [-0.2, -0.15) is 0 Å². The first-order valence-corrected chi connectivity index (χ1v) is 8.26. The summed E-state index contributed by atoms with van der Waals surface area (Å²) in [7, 11) is 1.67. The molecule has 128 valence electrons. The standard InChI is InChI=1S/C18H28N2O3/c1-18(2,3)23-17(21)20-11-6-8-14(10-12-20)19-15-7-5-9-16(13-15)22-4/h5,7,9,13-14,19H,6,8,10-12H2,1-4H3. The minimum Gasteiger partial charge on any atom is -0.497 e. The maximum atomic E-state index is 12.2. The molecule has 5 nitrogen and oxygen atoms in total. The van der Waals surface area contributed by atoms with Crippen LogP contribution in [0.25, 0.3) is 0 Å². The molecule has 0 spiro atoms. The Kier molecular flexibility index (Phi) is 5.74. The molecule has 1 heterocycles. The van der Waals surface area contributed by atoms with E-state index in [2.05, 4.69) is 5.32 Å². The largest absolute Gasteiger partial charge is 0.497 e. The SMILES string of the molecule is COc1cccc(NC2CCCN(C(=O)OC(C)(C)C)CC2)c1. The minimum atomic E-state index is -0.443. The number of likely N-dealkylation sites (tertiary alicyclic amines) is 1. The van der Waals surface area contributed by atoms with Crippen LogP contribution in [0.4, 0.5) is 10.5 Å². The fourth-order valence-electron chi connectivity index (χ4n) is 2.70. The highest BCUT2D eigenvalue weighted by Gasteiger charge is 2.25. The number of nitrogens with one attached hydrogen (secondary N) is 1. The number of ether oxygens (including phenoxy) is 2. The van der Waals surface area contributed by atoms with Gasteiger partial charge >= 0.3 is 6.09 Å². The van der Waals surface area contributed by atoms with Crippen LogP contribution in [0.3, 0.4) is 0 Å². The second-order valence-electron chi connectivity index (χ2n) is 6.97. The van der Waals surface area contributed by atoms with E-state index in [1.807, 2.05) is 49.9 Å². The summed E-state index contributed by atoms with van der Waals surface area (Å²) in [5.74, 6) is 0.846. The van der Waals surface area contributed by atoms with Gasteiger partial charge in [0.05, 0.1) is 7.11 Å². The molecule has 1 aliphatic rings. The Labute approximate surface area is 139 Å². The Hall–Kier alpha value is -1.91. The van der Waals surface area contributed by atoms with Crippen molar-refractivity contribution >= 4 is 11.8 Å². The fourth-order valence-corrected chi connectivity index (χ4v) is 2.70. The first-order chi connectivity index (χ1) is 10.9. The molecule has 23 heavy (non-hydrogen) atoms. The van der Waals surface area contributed by atoms with E-state index in [-0.39, 0.29) is 6.09 Å². The topological polar surface area (TPSA) is 50.8 Å². The van der Waals surface area contributed by atoms with E-state index < -0.39 is 5.60 Å². The van der Waals surface area contributed by atoms with Gasteiger partial charge in [-0.25, -0.2) is 4.79 Å². The van der Waals surface area contributed by atoms with Gasteiger partial charge in [-0.15, -0.1) is 0 Å². The number of rotatable bonds is 3. The van der Waals surface area contributed by atoms with E-state index in [1.54, 1.807) is 7.11 Å². The van der Waals surface area contributed by atoms with Crippen LogP contribution in [0, 0.1) is 0 Å². The number of hydrogen-bond acceptors (Lipinski definition) is 4. The lowest BCUT2D eigenvalue weighted by Gasteiger charge is -2.26. The number of methoxy groups -OCH3 is 1. The first-order valence-electron chi connectivity index (χ1n) is 8.26. The second-order valence-corrected chi connectivity index (χ2v) is 6.97. The maximum Gasteiger partial charge on any atom is 0.410 e. The number of nitrogens with zero attached hydrogens (tertiary/aromatic N) is 1. The average molecular weight is 320 g/mol. The third-order valence-corrected chi connectivity index (χ3v) is 3.82. The lowest BCUT2D eigenvalue weighted by atomic mass is 10.1. The summed E-state index contributed by atoms with van der Waals surface area (Å²) in [6, 6.07) is 8.30. The van der Waals surface area contributed by atoms with Crippen molar-refractivity contribution < 1.29 is 14.3 Å². The molecule has 1 aliphatic heterocycles. The molecule has 0 saturated carbocycles. The van der Waals surface area contributed by atoms with Gasteiger partial charge < -0.3 is 19.7 Å². The predicted molar refractivity (Wildman–Crippen MR) is 92.1 cm³/mol. The Bertz CT molecular complexity index is 525. The van der Waals surface area contributed by atoms with Gasteiger partial charge in [-0.1, -0.05) is 6.07 Å². The molecule has 5 heteroatoms. The average Bonchev–Trinajstić information content (AvgIpc) is 2.71. The highest BCUT2D eigenvalue weighted by Crippen LogP contribution is 2.21. The van der Waals surface area contributed by atoms with E-state index in [4.69, 9.17) is 9.47 Å². The van der Waals surface area contributed by atoms with Crippen LogP contribution in [0.15, 0.2) is 24.3 Å². The molecule has 1 unspecified atom stereocenters. The van der Waals surface area contributed by atoms with Crippen molar-refractivity contribution in [1.29, 1.82) is 0 Å². The molecule has 1 fully saturated rings. The van der Waals surface area contributed by atoms with Crippen molar-refractivity contribution in [3.63, 3.8) is 0 Å². The third-order valence-electron chi connectivity index (χ3n) is 3.82. The van der Waals surface area contributed by atoms with Gasteiger partial charge in [-0.3, -0.25) is 0 Å². The summed E-state index contributed by atoms with van der Waals surface area (Å²) < 4.78 is 10.7. The van der Waals surface area contributed by atoms with Gasteiger partial charge in [0.25, 0.3) is 0 Å². The van der Waals surface area contributed by atoms with Crippen LogP contribution in [0.5, 0.6) is 5.75 Å². The van der Waals surface area contributed by atoms with Crippen LogP contribution in [-0.2, 0) is 4.74 Å². The summed E-state index contributed by atoms with van der Waals surface area (Å²) in [4.78, 5) is 14.0. The first kappa shape index (κ1) is 17.4. The molecule has 0 bridgehead atoms. The number of benzene rings is 1. The molecule has 2 rings (SSSR count). The Morgan fingerprint density at radius 2 is 2.04 bits per heavy atom. The molecule has 1 saturated heterocycles. The van der Waals surface area contributed by atoms with E-state index >= 15 is 0 Å². The molecule has 1 atom stereocenters. The number of carbonyl (C=O) groups is 1. The number of carbonyl (C=O) groups excluding carboxylic acids is 1. The van der Waals surface area contributed by atoms with Crippen molar-refractivity contribution in [1.82, 2.24) is 4.90 Å². The van der Waals surface area contributed by atoms with E-state index in [1.165, 1.54) is 0 Å². The predicted octanol–water partition coefficient (Wildman–Crippen LogP) is 3.90. The zero-order chi connectivity index (χ0) is 16.9. The molecule has 1 aromatic carbocycles. The van der Waals surface area contributed by atoms with Crippen molar-refractivity contribution in [2.75, 3.05) is 25.5 Å². The van der Waals surface area contributed by atoms with Crippen LogP contribution in [0.1, 0.15) is 40.0 Å². The zero-order valence-electron chi connectivity index (χ0n) is 14.6. The normalized spacial score (nSPS) is 19.0. The zero-order valence-corrected chi connectivity index (χ0v) is 14.6. The molecular formula is C18H28N2O3. The summed E-state index contributed by atoms with van der Waals surface area (Å²) >= 11 is 0. The summed E-state index contributed by atoms with van der Waals surface area (Å²) in [5.41, 5.74) is 0.613. The molecule has 0 radical (unpaired) electrons. The van der Waals surface area contributed by atoms with Gasteiger partial charge in [0.1, 0.15) is 11.4 Å². The summed E-state index contributed by atoms with van der Waals surface area (Å²) in [6.45, 7) is 7.17. The Morgan fingerprint density at radius 3 is 2.74 bits per heavy atom. The van der Waals surface area contributed by atoms with Gasteiger partial charge in [0.2, 0.25) is 0 Å². The lowest BCUT2D eigenvalue weighted by Crippen LogP contribution is -2.37. The quantitative estimate of drug-likeness (QED) is 0.918. The van der Waals surface area contributed by atoms with Gasteiger partial charge in [0, 0.05) is 30.9 Å². The highest BCUT2D eigenvalue weighted by atomic mass is 16.6.